The van der Waals surface area contributed by atoms with Crippen LogP contribution in [0.15, 0.2) is 86.8 Å². The lowest BCUT2D eigenvalue weighted by Gasteiger charge is -2.11. The zero-order valence-electron chi connectivity index (χ0n) is 19.7. The number of nitrogens with one attached hydrogen (secondary N) is 1. The second-order valence-corrected chi connectivity index (χ2v) is 9.57. The molecule has 5 rings (SSSR count). The number of halogens is 1. The van der Waals surface area contributed by atoms with Crippen molar-refractivity contribution in [3.05, 3.63) is 97.2 Å². The molecule has 0 aliphatic heterocycles. The SMILES string of the molecule is COc1ccc(OC)c(-c2csc(=Nc3ccccc3[N+](=O)[O-])n2N=Cc2c[nH]c3ccc(Br)cc23)c1. The highest BCUT2D eigenvalue weighted by Crippen LogP contribution is 2.34. The number of benzene rings is 3. The summed E-state index contributed by atoms with van der Waals surface area (Å²) < 4.78 is 13.6. The van der Waals surface area contributed by atoms with E-state index in [1.165, 1.54) is 17.4 Å². The fourth-order valence-corrected chi connectivity index (χ4v) is 5.05. The van der Waals surface area contributed by atoms with Gasteiger partial charge in [0.1, 0.15) is 17.2 Å². The largest absolute Gasteiger partial charge is 0.497 e. The molecule has 0 aliphatic carbocycles. The molecule has 0 saturated heterocycles. The van der Waals surface area contributed by atoms with Crippen LogP contribution in [0.3, 0.4) is 0 Å². The second-order valence-electron chi connectivity index (χ2n) is 7.82. The number of aromatic nitrogens is 2. The molecule has 5 aromatic rings. The Labute approximate surface area is 223 Å². The molecular weight excluding hydrogens is 558 g/mol. The maximum Gasteiger partial charge on any atom is 0.294 e. The van der Waals surface area contributed by atoms with E-state index in [-0.39, 0.29) is 11.4 Å². The van der Waals surface area contributed by atoms with Gasteiger partial charge in [-0.05, 0) is 42.5 Å². The summed E-state index contributed by atoms with van der Waals surface area (Å²) >= 11 is 4.83. The smallest absolute Gasteiger partial charge is 0.294 e. The first-order valence-electron chi connectivity index (χ1n) is 11.0. The molecule has 1 N–H and O–H groups in total. The maximum atomic E-state index is 11.6. The van der Waals surface area contributed by atoms with Gasteiger partial charge in [-0.15, -0.1) is 11.3 Å². The summed E-state index contributed by atoms with van der Waals surface area (Å²) in [6.07, 6.45) is 3.60. The van der Waals surface area contributed by atoms with Crippen LogP contribution >= 0.6 is 27.3 Å². The summed E-state index contributed by atoms with van der Waals surface area (Å²) in [5.74, 6) is 1.27. The standard InChI is InChI=1S/C26H20BrN5O4S/c1-35-18-8-10-25(36-2)20(12-18)24-15-37-26(30-22-5-3-4-6-23(22)32(33)34)31(24)29-14-16-13-28-21-9-7-17(27)11-19(16)21/h3-15,28H,1-2H3. The van der Waals surface area contributed by atoms with Gasteiger partial charge in [0.15, 0.2) is 0 Å². The van der Waals surface area contributed by atoms with E-state index in [1.54, 1.807) is 43.3 Å². The van der Waals surface area contributed by atoms with Gasteiger partial charge < -0.3 is 14.5 Å². The van der Waals surface area contributed by atoms with Crippen molar-refractivity contribution in [2.45, 2.75) is 0 Å². The molecule has 0 saturated carbocycles. The predicted octanol–water partition coefficient (Wildman–Crippen LogP) is 6.50. The predicted molar refractivity (Wildman–Crippen MR) is 148 cm³/mol. The molecule has 0 amide bonds. The van der Waals surface area contributed by atoms with Gasteiger partial charge in [0, 0.05) is 44.1 Å². The third kappa shape index (κ3) is 4.91. The van der Waals surface area contributed by atoms with E-state index >= 15 is 0 Å². The normalized spacial score (nSPS) is 11.9. The Bertz CT molecular complexity index is 1720. The number of fused-ring (bicyclic) bond motifs is 1. The van der Waals surface area contributed by atoms with Crippen LogP contribution in [0.25, 0.3) is 22.2 Å². The summed E-state index contributed by atoms with van der Waals surface area (Å²) in [5.41, 5.74) is 3.41. The average molecular weight is 578 g/mol. The van der Waals surface area contributed by atoms with Crippen molar-refractivity contribution < 1.29 is 14.4 Å². The molecule has 0 bridgehead atoms. The molecule has 2 aromatic heterocycles. The van der Waals surface area contributed by atoms with Crippen LogP contribution in [0.2, 0.25) is 0 Å². The van der Waals surface area contributed by atoms with Crippen LogP contribution in [-0.2, 0) is 0 Å². The average Bonchev–Trinajstić information content (AvgIpc) is 3.50. The zero-order valence-corrected chi connectivity index (χ0v) is 22.1. The molecule has 0 aliphatic rings. The van der Waals surface area contributed by atoms with E-state index < -0.39 is 4.92 Å². The minimum atomic E-state index is -0.449. The monoisotopic (exact) mass is 577 g/mol. The number of aromatic amines is 1. The van der Waals surface area contributed by atoms with Crippen molar-refractivity contribution in [3.8, 4) is 22.8 Å². The van der Waals surface area contributed by atoms with Gasteiger partial charge in [0.2, 0.25) is 4.80 Å². The summed E-state index contributed by atoms with van der Waals surface area (Å²) in [7, 11) is 3.18. The van der Waals surface area contributed by atoms with Crippen LogP contribution < -0.4 is 14.3 Å². The molecule has 0 atom stereocenters. The van der Waals surface area contributed by atoms with Crippen LogP contribution in [0.5, 0.6) is 11.5 Å². The first kappa shape index (κ1) is 24.5. The van der Waals surface area contributed by atoms with Crippen molar-refractivity contribution >= 4 is 55.8 Å². The molecule has 9 nitrogen and oxygen atoms in total. The van der Waals surface area contributed by atoms with E-state index in [0.717, 1.165) is 26.5 Å². The third-order valence-corrected chi connectivity index (χ3v) is 6.96. The number of rotatable bonds is 7. The minimum absolute atomic E-state index is 0.0894. The number of hydrogen-bond acceptors (Lipinski definition) is 7. The van der Waals surface area contributed by atoms with Crippen LogP contribution in [0.4, 0.5) is 11.4 Å². The van der Waals surface area contributed by atoms with E-state index in [2.05, 4.69) is 25.9 Å². The topological polar surface area (TPSA) is 107 Å². The number of ether oxygens (including phenoxy) is 2. The summed E-state index contributed by atoms with van der Waals surface area (Å²) in [5, 5.41) is 19.2. The van der Waals surface area contributed by atoms with Gasteiger partial charge in [-0.3, -0.25) is 10.1 Å². The summed E-state index contributed by atoms with van der Waals surface area (Å²) in [4.78, 5) is 19.5. The Morgan fingerprint density at radius 1 is 1.11 bits per heavy atom. The first-order chi connectivity index (χ1) is 18.0. The fraction of sp³-hybridized carbons (Fsp3) is 0.0769. The minimum Gasteiger partial charge on any atom is -0.497 e. The lowest BCUT2D eigenvalue weighted by molar-refractivity contribution is -0.384. The second kappa shape index (κ2) is 10.4. The van der Waals surface area contributed by atoms with E-state index in [9.17, 15) is 10.1 Å². The molecule has 0 radical (unpaired) electrons. The van der Waals surface area contributed by atoms with E-state index in [1.807, 2.05) is 48.0 Å². The molecule has 0 unspecified atom stereocenters. The Balaban J connectivity index is 1.73. The summed E-state index contributed by atoms with van der Waals surface area (Å²) in [6, 6.07) is 17.8. The number of para-hydroxylation sites is 2. The molecule has 0 spiro atoms. The highest BCUT2D eigenvalue weighted by molar-refractivity contribution is 9.10. The number of thiazole rings is 1. The van der Waals surface area contributed by atoms with Gasteiger partial charge in [-0.25, -0.2) is 9.67 Å². The molecule has 0 fully saturated rings. The van der Waals surface area contributed by atoms with Crippen molar-refractivity contribution in [3.63, 3.8) is 0 Å². The zero-order chi connectivity index (χ0) is 25.9. The molecular formula is C26H20BrN5O4S. The fourth-order valence-electron chi connectivity index (χ4n) is 3.85. The quantitative estimate of drug-likeness (QED) is 0.135. The highest BCUT2D eigenvalue weighted by Gasteiger charge is 2.16. The Hall–Kier alpha value is -4.22. The lowest BCUT2D eigenvalue weighted by Crippen LogP contribution is -2.12. The van der Waals surface area contributed by atoms with Crippen LogP contribution in [0.1, 0.15) is 5.56 Å². The lowest BCUT2D eigenvalue weighted by atomic mass is 10.1. The first-order valence-corrected chi connectivity index (χ1v) is 12.7. The number of nitro benzene ring substituents is 1. The van der Waals surface area contributed by atoms with Gasteiger partial charge in [0.25, 0.3) is 5.69 Å². The van der Waals surface area contributed by atoms with Crippen molar-refractivity contribution in [1.29, 1.82) is 0 Å². The Kier molecular flexibility index (Phi) is 6.89. The van der Waals surface area contributed by atoms with Gasteiger partial charge in [-0.1, -0.05) is 28.1 Å². The molecule has 11 heteroatoms. The highest BCUT2D eigenvalue weighted by atomic mass is 79.9. The van der Waals surface area contributed by atoms with E-state index in [0.29, 0.717) is 22.0 Å². The summed E-state index contributed by atoms with van der Waals surface area (Å²) in [6.45, 7) is 0. The maximum absolute atomic E-state index is 11.6. The Morgan fingerprint density at radius 2 is 1.95 bits per heavy atom. The number of methoxy groups -OCH3 is 2. The number of nitro groups is 1. The number of hydrogen-bond donors (Lipinski definition) is 1. The molecule has 186 valence electrons. The van der Waals surface area contributed by atoms with Gasteiger partial charge in [-0.2, -0.15) is 5.10 Å². The number of H-pyrrole nitrogens is 1. The molecule has 3 aromatic carbocycles. The van der Waals surface area contributed by atoms with Gasteiger partial charge in [0.05, 0.1) is 31.1 Å². The Morgan fingerprint density at radius 3 is 2.73 bits per heavy atom. The number of nitrogens with zero attached hydrogens (tertiary/aromatic N) is 4. The van der Waals surface area contributed by atoms with Crippen molar-refractivity contribution in [2.75, 3.05) is 14.2 Å². The van der Waals surface area contributed by atoms with E-state index in [4.69, 9.17) is 14.6 Å². The molecule has 37 heavy (non-hydrogen) atoms. The van der Waals surface area contributed by atoms with Crippen LogP contribution in [0, 0.1) is 10.1 Å². The van der Waals surface area contributed by atoms with Crippen molar-refractivity contribution in [2.24, 2.45) is 10.1 Å². The third-order valence-electron chi connectivity index (χ3n) is 5.65. The van der Waals surface area contributed by atoms with Crippen molar-refractivity contribution in [1.82, 2.24) is 9.66 Å². The van der Waals surface area contributed by atoms with Crippen LogP contribution in [-0.4, -0.2) is 35.0 Å². The molecule has 2 heterocycles. The van der Waals surface area contributed by atoms with Gasteiger partial charge >= 0.3 is 0 Å².